The molecule has 1 saturated heterocycles. The van der Waals surface area contributed by atoms with E-state index in [4.69, 9.17) is 11.6 Å². The van der Waals surface area contributed by atoms with Crippen LogP contribution in [-0.4, -0.2) is 49.7 Å². The number of hydrogen-bond donors (Lipinski definition) is 0. The van der Waals surface area contributed by atoms with Crippen LogP contribution in [0, 0.1) is 6.92 Å². The summed E-state index contributed by atoms with van der Waals surface area (Å²) in [5, 5.41) is 0.547. The van der Waals surface area contributed by atoms with Gasteiger partial charge in [0.2, 0.25) is 15.9 Å². The van der Waals surface area contributed by atoms with Gasteiger partial charge in [0.05, 0.1) is 4.90 Å². The zero-order valence-corrected chi connectivity index (χ0v) is 13.0. The van der Waals surface area contributed by atoms with Crippen LogP contribution >= 0.6 is 11.6 Å². The van der Waals surface area contributed by atoms with Crippen molar-refractivity contribution in [3.05, 3.63) is 28.8 Å². The van der Waals surface area contributed by atoms with E-state index in [2.05, 4.69) is 0 Å². The van der Waals surface area contributed by atoms with Gasteiger partial charge in [-0.1, -0.05) is 11.6 Å². The lowest BCUT2D eigenvalue weighted by Crippen LogP contribution is -2.49. The van der Waals surface area contributed by atoms with E-state index in [1.54, 1.807) is 24.0 Å². The first-order valence-corrected chi connectivity index (χ1v) is 8.16. The number of benzene rings is 1. The fraction of sp³-hybridized carbons (Fsp3) is 0.462. The van der Waals surface area contributed by atoms with E-state index in [0.717, 1.165) is 5.56 Å². The fourth-order valence-electron chi connectivity index (χ4n) is 2.17. The lowest BCUT2D eigenvalue weighted by atomic mass is 10.2. The topological polar surface area (TPSA) is 57.7 Å². The van der Waals surface area contributed by atoms with Crippen molar-refractivity contribution in [2.75, 3.05) is 26.2 Å². The van der Waals surface area contributed by atoms with Crippen molar-refractivity contribution in [3.8, 4) is 0 Å². The number of aryl methyl sites for hydroxylation is 1. The van der Waals surface area contributed by atoms with Crippen LogP contribution in [-0.2, 0) is 14.8 Å². The van der Waals surface area contributed by atoms with Crippen molar-refractivity contribution < 1.29 is 13.2 Å². The number of piperazine rings is 1. The molecule has 20 heavy (non-hydrogen) atoms. The molecule has 1 aliphatic rings. The van der Waals surface area contributed by atoms with Gasteiger partial charge in [0, 0.05) is 38.1 Å². The second kappa shape index (κ2) is 5.71. The molecule has 0 aliphatic carbocycles. The Morgan fingerprint density at radius 1 is 1.20 bits per heavy atom. The third-order valence-electron chi connectivity index (χ3n) is 3.45. The molecule has 0 atom stereocenters. The van der Waals surface area contributed by atoms with Crippen molar-refractivity contribution >= 4 is 27.5 Å². The summed E-state index contributed by atoms with van der Waals surface area (Å²) in [6.45, 7) is 4.78. The maximum Gasteiger partial charge on any atom is 0.243 e. The number of sulfonamides is 1. The fourth-order valence-corrected chi connectivity index (χ4v) is 3.80. The van der Waals surface area contributed by atoms with E-state index in [9.17, 15) is 13.2 Å². The van der Waals surface area contributed by atoms with Crippen LogP contribution in [0.3, 0.4) is 0 Å². The first-order valence-electron chi connectivity index (χ1n) is 6.34. The molecular formula is C13H17ClN2O3S. The summed E-state index contributed by atoms with van der Waals surface area (Å²) in [4.78, 5) is 13.1. The smallest absolute Gasteiger partial charge is 0.243 e. The average Bonchev–Trinajstić information content (AvgIpc) is 2.41. The molecule has 1 fully saturated rings. The van der Waals surface area contributed by atoms with Crippen LogP contribution in [0.1, 0.15) is 12.5 Å². The largest absolute Gasteiger partial charge is 0.340 e. The molecular weight excluding hydrogens is 300 g/mol. The molecule has 0 bridgehead atoms. The summed E-state index contributed by atoms with van der Waals surface area (Å²) in [5.41, 5.74) is 0.732. The normalized spacial score (nSPS) is 17.2. The second-order valence-corrected chi connectivity index (χ2v) is 7.17. The molecule has 0 saturated carbocycles. The van der Waals surface area contributed by atoms with Gasteiger partial charge in [-0.25, -0.2) is 8.42 Å². The number of amides is 1. The van der Waals surface area contributed by atoms with E-state index >= 15 is 0 Å². The highest BCUT2D eigenvalue weighted by Gasteiger charge is 2.29. The molecule has 5 nitrogen and oxygen atoms in total. The highest BCUT2D eigenvalue weighted by atomic mass is 35.5. The Morgan fingerprint density at radius 2 is 1.80 bits per heavy atom. The molecule has 0 aromatic heterocycles. The highest BCUT2D eigenvalue weighted by Crippen LogP contribution is 2.23. The Hall–Kier alpha value is -1.11. The minimum atomic E-state index is -3.51. The van der Waals surface area contributed by atoms with Gasteiger partial charge in [0.1, 0.15) is 0 Å². The van der Waals surface area contributed by atoms with Crippen LogP contribution in [0.2, 0.25) is 5.02 Å². The maximum atomic E-state index is 12.5. The van der Waals surface area contributed by atoms with Gasteiger partial charge in [-0.15, -0.1) is 0 Å². The third-order valence-corrected chi connectivity index (χ3v) is 5.77. The second-order valence-electron chi connectivity index (χ2n) is 4.82. The summed E-state index contributed by atoms with van der Waals surface area (Å²) in [6, 6.07) is 4.69. The quantitative estimate of drug-likeness (QED) is 0.831. The van der Waals surface area contributed by atoms with Crippen molar-refractivity contribution in [3.63, 3.8) is 0 Å². The standard InChI is InChI=1S/C13H17ClN2O3S/c1-10-9-12(3-4-13(10)14)20(18,19)16-7-5-15(6-8-16)11(2)17/h3-4,9H,5-8H2,1-2H3. The lowest BCUT2D eigenvalue weighted by molar-refractivity contribution is -0.129. The predicted molar refractivity (Wildman–Crippen MR) is 77.2 cm³/mol. The van der Waals surface area contributed by atoms with Gasteiger partial charge in [0.25, 0.3) is 0 Å². The van der Waals surface area contributed by atoms with E-state index in [0.29, 0.717) is 31.2 Å². The summed E-state index contributed by atoms with van der Waals surface area (Å²) in [6.07, 6.45) is 0. The number of carbonyl (C=O) groups is 1. The minimum absolute atomic E-state index is 0.0237. The van der Waals surface area contributed by atoms with Crippen LogP contribution in [0.25, 0.3) is 0 Å². The van der Waals surface area contributed by atoms with Gasteiger partial charge in [-0.2, -0.15) is 4.31 Å². The van der Waals surface area contributed by atoms with Crippen molar-refractivity contribution in [1.29, 1.82) is 0 Å². The number of halogens is 1. The Morgan fingerprint density at radius 3 is 2.30 bits per heavy atom. The first kappa shape index (κ1) is 15.3. The summed E-state index contributed by atoms with van der Waals surface area (Å²) in [5.74, 6) is -0.0237. The van der Waals surface area contributed by atoms with Gasteiger partial charge in [0.15, 0.2) is 0 Å². The van der Waals surface area contributed by atoms with Crippen molar-refractivity contribution in [2.45, 2.75) is 18.7 Å². The van der Waals surface area contributed by atoms with Crippen molar-refractivity contribution in [1.82, 2.24) is 9.21 Å². The predicted octanol–water partition coefficient (Wildman–Crippen LogP) is 1.50. The zero-order valence-electron chi connectivity index (χ0n) is 11.5. The third kappa shape index (κ3) is 2.97. The Labute approximate surface area is 124 Å². The molecule has 0 spiro atoms. The van der Waals surface area contributed by atoms with Crippen LogP contribution in [0.5, 0.6) is 0 Å². The summed E-state index contributed by atoms with van der Waals surface area (Å²) in [7, 11) is -3.51. The summed E-state index contributed by atoms with van der Waals surface area (Å²) >= 11 is 5.92. The molecule has 1 amide bonds. The van der Waals surface area contributed by atoms with Gasteiger partial charge < -0.3 is 4.90 Å². The Balaban J connectivity index is 2.19. The molecule has 110 valence electrons. The van der Waals surface area contributed by atoms with Gasteiger partial charge in [-0.3, -0.25) is 4.79 Å². The van der Waals surface area contributed by atoms with E-state index < -0.39 is 10.0 Å². The van der Waals surface area contributed by atoms with Crippen LogP contribution in [0.15, 0.2) is 23.1 Å². The Bertz CT molecular complexity index is 623. The molecule has 2 rings (SSSR count). The van der Waals surface area contributed by atoms with Crippen molar-refractivity contribution in [2.24, 2.45) is 0 Å². The minimum Gasteiger partial charge on any atom is -0.340 e. The summed E-state index contributed by atoms with van der Waals surface area (Å²) < 4.78 is 26.4. The molecule has 1 aromatic rings. The molecule has 1 aromatic carbocycles. The Kier molecular flexibility index (Phi) is 4.36. The van der Waals surface area contributed by atoms with Gasteiger partial charge >= 0.3 is 0 Å². The SMILES string of the molecule is CC(=O)N1CCN(S(=O)(=O)c2ccc(Cl)c(C)c2)CC1. The number of rotatable bonds is 2. The van der Waals surface area contributed by atoms with E-state index in [1.807, 2.05) is 0 Å². The highest BCUT2D eigenvalue weighted by molar-refractivity contribution is 7.89. The first-order chi connectivity index (χ1) is 9.32. The average molecular weight is 317 g/mol. The zero-order chi connectivity index (χ0) is 14.9. The number of nitrogens with zero attached hydrogens (tertiary/aromatic N) is 2. The number of hydrogen-bond acceptors (Lipinski definition) is 3. The molecule has 1 aliphatic heterocycles. The monoisotopic (exact) mass is 316 g/mol. The maximum absolute atomic E-state index is 12.5. The van der Waals surface area contributed by atoms with E-state index in [-0.39, 0.29) is 10.8 Å². The molecule has 0 N–H and O–H groups in total. The molecule has 0 radical (unpaired) electrons. The number of carbonyl (C=O) groups excluding carboxylic acids is 1. The van der Waals surface area contributed by atoms with Gasteiger partial charge in [-0.05, 0) is 30.7 Å². The lowest BCUT2D eigenvalue weighted by Gasteiger charge is -2.33. The van der Waals surface area contributed by atoms with Crippen LogP contribution in [0.4, 0.5) is 0 Å². The van der Waals surface area contributed by atoms with Crippen LogP contribution < -0.4 is 0 Å². The molecule has 1 heterocycles. The molecule has 7 heteroatoms. The molecule has 0 unspecified atom stereocenters. The van der Waals surface area contributed by atoms with E-state index in [1.165, 1.54) is 17.3 Å².